The monoisotopic (exact) mass is 341 g/mol. The first-order valence-electron chi connectivity index (χ1n) is 6.15. The highest BCUT2D eigenvalue weighted by Gasteiger charge is 2.07. The Morgan fingerprint density at radius 2 is 1.90 bits per heavy atom. The zero-order chi connectivity index (χ0) is 14.5. The second kappa shape index (κ2) is 6.81. The van der Waals surface area contributed by atoms with Crippen LogP contribution in [0.15, 0.2) is 40.9 Å². The normalized spacial score (nSPS) is 10.6. The van der Waals surface area contributed by atoms with Crippen LogP contribution in [0, 0.1) is 11.6 Å². The topological polar surface area (TPSA) is 35.2 Å². The molecule has 2 nitrogen and oxygen atoms in total. The van der Waals surface area contributed by atoms with Crippen LogP contribution in [-0.4, -0.2) is 6.54 Å². The highest BCUT2D eigenvalue weighted by molar-refractivity contribution is 9.10. The molecule has 0 radical (unpaired) electrons. The number of benzene rings is 2. The van der Waals surface area contributed by atoms with Gasteiger partial charge in [-0.25, -0.2) is 8.78 Å². The maximum absolute atomic E-state index is 13.5. The van der Waals surface area contributed by atoms with Crippen LogP contribution in [0.1, 0.15) is 11.1 Å². The molecule has 0 heterocycles. The fourth-order valence-corrected chi connectivity index (χ4v) is 2.32. The zero-order valence-corrected chi connectivity index (χ0v) is 12.3. The third-order valence-corrected chi connectivity index (χ3v) is 3.45. The summed E-state index contributed by atoms with van der Waals surface area (Å²) in [5.74, 6) is -0.603. The van der Waals surface area contributed by atoms with E-state index in [0.29, 0.717) is 17.9 Å². The Hall–Kier alpha value is -1.46. The Morgan fingerprint density at radius 1 is 1.10 bits per heavy atom. The molecule has 0 saturated heterocycles. The summed E-state index contributed by atoms with van der Waals surface area (Å²) in [6, 6.07) is 9.06. The summed E-state index contributed by atoms with van der Waals surface area (Å²) in [7, 11) is 0. The molecule has 0 aliphatic heterocycles. The van der Waals surface area contributed by atoms with Gasteiger partial charge in [-0.3, -0.25) is 0 Å². The molecule has 106 valence electrons. The molecule has 0 aromatic heterocycles. The van der Waals surface area contributed by atoms with Crippen LogP contribution in [0.2, 0.25) is 0 Å². The summed E-state index contributed by atoms with van der Waals surface area (Å²) in [4.78, 5) is 0. The molecule has 0 saturated carbocycles. The van der Waals surface area contributed by atoms with Crippen molar-refractivity contribution in [3.05, 3.63) is 63.6 Å². The van der Waals surface area contributed by atoms with E-state index in [0.717, 1.165) is 22.5 Å². The Balaban J connectivity index is 2.07. The number of hydrogen-bond donors (Lipinski definition) is 1. The largest absolute Gasteiger partial charge is 0.488 e. The quantitative estimate of drug-likeness (QED) is 0.897. The van der Waals surface area contributed by atoms with Crippen LogP contribution in [0.4, 0.5) is 8.78 Å². The minimum absolute atomic E-state index is 0.0426. The van der Waals surface area contributed by atoms with E-state index in [1.54, 1.807) is 6.07 Å². The Morgan fingerprint density at radius 3 is 2.55 bits per heavy atom. The van der Waals surface area contributed by atoms with E-state index in [-0.39, 0.29) is 6.61 Å². The molecular weight excluding hydrogens is 328 g/mol. The minimum Gasteiger partial charge on any atom is -0.488 e. The Kier molecular flexibility index (Phi) is 5.09. The van der Waals surface area contributed by atoms with E-state index in [9.17, 15) is 8.78 Å². The van der Waals surface area contributed by atoms with Gasteiger partial charge in [-0.05, 0) is 58.7 Å². The van der Waals surface area contributed by atoms with Gasteiger partial charge in [0.05, 0.1) is 4.47 Å². The van der Waals surface area contributed by atoms with E-state index in [2.05, 4.69) is 15.9 Å². The molecule has 0 amide bonds. The van der Waals surface area contributed by atoms with Crippen LogP contribution in [0.25, 0.3) is 0 Å². The maximum atomic E-state index is 13.5. The minimum atomic E-state index is -0.610. The lowest BCUT2D eigenvalue weighted by molar-refractivity contribution is 0.297. The highest BCUT2D eigenvalue weighted by atomic mass is 79.9. The first-order valence-corrected chi connectivity index (χ1v) is 6.94. The molecule has 0 bridgehead atoms. The molecule has 0 atom stereocenters. The van der Waals surface area contributed by atoms with Crippen molar-refractivity contribution in [2.75, 3.05) is 6.54 Å². The van der Waals surface area contributed by atoms with E-state index in [1.165, 1.54) is 12.1 Å². The van der Waals surface area contributed by atoms with Crippen molar-refractivity contribution in [1.29, 1.82) is 0 Å². The third-order valence-electron chi connectivity index (χ3n) is 2.83. The van der Waals surface area contributed by atoms with Gasteiger partial charge in [0.1, 0.15) is 24.0 Å². The summed E-state index contributed by atoms with van der Waals surface area (Å²) < 4.78 is 32.6. The van der Waals surface area contributed by atoms with Crippen LogP contribution >= 0.6 is 15.9 Å². The van der Waals surface area contributed by atoms with E-state index >= 15 is 0 Å². The molecule has 20 heavy (non-hydrogen) atoms. The average molecular weight is 342 g/mol. The van der Waals surface area contributed by atoms with Crippen molar-refractivity contribution in [2.45, 2.75) is 13.0 Å². The predicted octanol–water partition coefficient (Wildman–Crippen LogP) is 3.81. The van der Waals surface area contributed by atoms with E-state index in [1.807, 2.05) is 12.1 Å². The SMILES string of the molecule is NCCc1ccc(OCc2ccc(F)cc2F)c(Br)c1. The first-order chi connectivity index (χ1) is 9.60. The highest BCUT2D eigenvalue weighted by Crippen LogP contribution is 2.27. The van der Waals surface area contributed by atoms with Crippen LogP contribution in [-0.2, 0) is 13.0 Å². The summed E-state index contributed by atoms with van der Waals surface area (Å²) >= 11 is 3.40. The molecule has 0 fully saturated rings. The average Bonchev–Trinajstić information content (AvgIpc) is 2.40. The van der Waals surface area contributed by atoms with Gasteiger partial charge in [0.25, 0.3) is 0 Å². The fraction of sp³-hybridized carbons (Fsp3) is 0.200. The van der Waals surface area contributed by atoms with Gasteiger partial charge < -0.3 is 10.5 Å². The first kappa shape index (κ1) is 14.9. The van der Waals surface area contributed by atoms with Gasteiger partial charge in [-0.1, -0.05) is 6.07 Å². The van der Waals surface area contributed by atoms with Gasteiger partial charge in [-0.15, -0.1) is 0 Å². The Labute approximate surface area is 124 Å². The summed E-state index contributed by atoms with van der Waals surface area (Å²) in [6.07, 6.45) is 0.783. The second-order valence-electron chi connectivity index (χ2n) is 4.33. The van der Waals surface area contributed by atoms with Crippen molar-refractivity contribution in [3.63, 3.8) is 0 Å². The molecule has 0 aliphatic carbocycles. The predicted molar refractivity (Wildman–Crippen MR) is 77.6 cm³/mol. The molecule has 2 aromatic carbocycles. The lowest BCUT2D eigenvalue weighted by Gasteiger charge is -2.10. The van der Waals surface area contributed by atoms with E-state index < -0.39 is 11.6 Å². The molecule has 5 heteroatoms. The van der Waals surface area contributed by atoms with Crippen molar-refractivity contribution in [2.24, 2.45) is 5.73 Å². The van der Waals surface area contributed by atoms with Gasteiger partial charge in [0.2, 0.25) is 0 Å². The van der Waals surface area contributed by atoms with Gasteiger partial charge in [0, 0.05) is 11.6 Å². The van der Waals surface area contributed by atoms with Gasteiger partial charge in [-0.2, -0.15) is 0 Å². The summed E-state index contributed by atoms with van der Waals surface area (Å²) in [5, 5.41) is 0. The molecule has 2 N–H and O–H groups in total. The third kappa shape index (κ3) is 3.77. The molecule has 2 aromatic rings. The van der Waals surface area contributed by atoms with Crippen molar-refractivity contribution < 1.29 is 13.5 Å². The lowest BCUT2D eigenvalue weighted by atomic mass is 10.1. The standard InChI is InChI=1S/C15H14BrF2NO/c16-13-7-10(5-6-19)1-4-15(13)20-9-11-2-3-12(17)8-14(11)18/h1-4,7-8H,5-6,9,19H2. The molecular formula is C15H14BrF2NO. The summed E-state index contributed by atoms with van der Waals surface area (Å²) in [6.45, 7) is 0.619. The number of nitrogens with two attached hydrogens (primary N) is 1. The number of ether oxygens (including phenoxy) is 1. The van der Waals surface area contributed by atoms with Crippen molar-refractivity contribution in [1.82, 2.24) is 0 Å². The van der Waals surface area contributed by atoms with Crippen LogP contribution in [0.3, 0.4) is 0 Å². The summed E-state index contributed by atoms with van der Waals surface area (Å²) in [5.41, 5.74) is 6.90. The van der Waals surface area contributed by atoms with Crippen LogP contribution < -0.4 is 10.5 Å². The zero-order valence-electron chi connectivity index (χ0n) is 10.7. The molecule has 0 unspecified atom stereocenters. The van der Waals surface area contributed by atoms with E-state index in [4.69, 9.17) is 10.5 Å². The number of rotatable bonds is 5. The van der Waals surface area contributed by atoms with Crippen LogP contribution in [0.5, 0.6) is 5.75 Å². The lowest BCUT2D eigenvalue weighted by Crippen LogP contribution is -2.03. The van der Waals surface area contributed by atoms with Gasteiger partial charge >= 0.3 is 0 Å². The number of hydrogen-bond acceptors (Lipinski definition) is 2. The Bertz CT molecular complexity index is 604. The van der Waals surface area contributed by atoms with Gasteiger partial charge in [0.15, 0.2) is 0 Å². The fourth-order valence-electron chi connectivity index (χ4n) is 1.78. The molecule has 2 rings (SSSR count). The van der Waals surface area contributed by atoms with Crippen molar-refractivity contribution in [3.8, 4) is 5.75 Å². The number of halogens is 3. The second-order valence-corrected chi connectivity index (χ2v) is 5.18. The van der Waals surface area contributed by atoms with Crippen molar-refractivity contribution >= 4 is 15.9 Å². The molecule has 0 aliphatic rings. The maximum Gasteiger partial charge on any atom is 0.134 e. The smallest absolute Gasteiger partial charge is 0.134 e. The molecule has 0 spiro atoms.